The first-order valence-electron chi connectivity index (χ1n) is 8.86. The summed E-state index contributed by atoms with van der Waals surface area (Å²) in [7, 11) is 0. The van der Waals surface area contributed by atoms with Gasteiger partial charge in [0.15, 0.2) is 0 Å². The molecule has 2 rings (SSSR count). The molecular formula is C20H33N3. The molecule has 23 heavy (non-hydrogen) atoms. The maximum absolute atomic E-state index is 4.89. The van der Waals surface area contributed by atoms with Gasteiger partial charge in [0.2, 0.25) is 0 Å². The van der Waals surface area contributed by atoms with E-state index in [-0.39, 0.29) is 0 Å². The van der Waals surface area contributed by atoms with Gasteiger partial charge in [0.1, 0.15) is 5.82 Å². The first-order valence-corrected chi connectivity index (χ1v) is 8.86. The Kier molecular flexibility index (Phi) is 8.04. The Morgan fingerprint density at radius 3 is 2.43 bits per heavy atom. The molecule has 0 bridgehead atoms. The molecule has 2 heterocycles. The number of rotatable bonds is 5. The smallest absolute Gasteiger partial charge is 0.124 e. The minimum atomic E-state index is 0.374. The summed E-state index contributed by atoms with van der Waals surface area (Å²) in [6, 6.07) is 0.374. The fourth-order valence-electron chi connectivity index (χ4n) is 2.66. The first kappa shape index (κ1) is 19.4. The van der Waals surface area contributed by atoms with Gasteiger partial charge >= 0.3 is 0 Å². The normalized spacial score (nSPS) is 17.5. The van der Waals surface area contributed by atoms with Gasteiger partial charge in [-0.15, -0.1) is 0 Å². The van der Waals surface area contributed by atoms with Crippen LogP contribution in [0.4, 0.5) is 0 Å². The van der Waals surface area contributed by atoms with Crippen LogP contribution in [0.3, 0.4) is 0 Å². The molecular weight excluding hydrogens is 282 g/mol. The van der Waals surface area contributed by atoms with Gasteiger partial charge in [0.25, 0.3) is 0 Å². The second kappa shape index (κ2) is 9.51. The highest BCUT2D eigenvalue weighted by Gasteiger charge is 2.22. The number of H-pyrrole nitrogens is 1. The van der Waals surface area contributed by atoms with Crippen molar-refractivity contribution in [3.05, 3.63) is 47.1 Å². The zero-order valence-electron chi connectivity index (χ0n) is 15.7. The Balaban J connectivity index is 0.00000127. The van der Waals surface area contributed by atoms with E-state index in [4.69, 9.17) is 4.98 Å². The molecule has 128 valence electrons. The summed E-state index contributed by atoms with van der Waals surface area (Å²) in [6.07, 6.45) is 7.61. The number of nitrogens with zero attached hydrogens (tertiary/aromatic N) is 1. The molecule has 0 aromatic carbocycles. The second-order valence-corrected chi connectivity index (χ2v) is 6.06. The van der Waals surface area contributed by atoms with Crippen LogP contribution in [0.25, 0.3) is 5.57 Å². The van der Waals surface area contributed by atoms with Crippen molar-refractivity contribution in [3.8, 4) is 0 Å². The third-order valence-electron chi connectivity index (χ3n) is 3.84. The third-order valence-corrected chi connectivity index (χ3v) is 3.84. The highest BCUT2D eigenvalue weighted by atomic mass is 15.0. The van der Waals surface area contributed by atoms with E-state index in [0.29, 0.717) is 6.04 Å². The lowest BCUT2D eigenvalue weighted by atomic mass is 10.0. The van der Waals surface area contributed by atoms with Crippen molar-refractivity contribution in [3.63, 3.8) is 0 Å². The van der Waals surface area contributed by atoms with Crippen molar-refractivity contribution < 1.29 is 0 Å². The third kappa shape index (κ3) is 5.21. The standard InChI is InChI=1S/C18H27N3.C2H6/c1-6-15-17(14(13(4)5)10-9-12(2)3)21-18(20-15)16-8-7-11-19-16;1-2/h9-10,16,19H,4,6-8,11H2,1-3,5H3,(H,20,21);1-2H3/b14-10+;/t16-;/m0./s1. The Labute approximate surface area is 142 Å². The molecule has 1 aromatic rings. The minimum Gasteiger partial charge on any atom is -0.344 e. The summed E-state index contributed by atoms with van der Waals surface area (Å²) in [6.45, 7) is 17.6. The zero-order valence-corrected chi connectivity index (χ0v) is 15.7. The van der Waals surface area contributed by atoms with Crippen LogP contribution in [-0.2, 0) is 6.42 Å². The van der Waals surface area contributed by atoms with E-state index in [9.17, 15) is 0 Å². The topological polar surface area (TPSA) is 40.7 Å². The van der Waals surface area contributed by atoms with Crippen molar-refractivity contribution >= 4 is 5.57 Å². The van der Waals surface area contributed by atoms with E-state index in [2.05, 4.69) is 49.8 Å². The van der Waals surface area contributed by atoms with Gasteiger partial charge in [0.05, 0.1) is 11.7 Å². The predicted octanol–water partition coefficient (Wildman–Crippen LogP) is 5.35. The first-order chi connectivity index (χ1) is 11.0. The lowest BCUT2D eigenvalue weighted by molar-refractivity contribution is 0.611. The highest BCUT2D eigenvalue weighted by Crippen LogP contribution is 2.28. The van der Waals surface area contributed by atoms with Crippen molar-refractivity contribution in [2.45, 2.75) is 66.8 Å². The maximum Gasteiger partial charge on any atom is 0.124 e. The van der Waals surface area contributed by atoms with Crippen LogP contribution in [0.1, 0.15) is 77.6 Å². The molecule has 0 aliphatic carbocycles. The van der Waals surface area contributed by atoms with Crippen LogP contribution in [0, 0.1) is 0 Å². The molecule has 1 aliphatic heterocycles. The monoisotopic (exact) mass is 315 g/mol. The minimum absolute atomic E-state index is 0.374. The molecule has 3 heteroatoms. The number of imidazole rings is 1. The van der Waals surface area contributed by atoms with E-state index in [1.807, 2.05) is 20.8 Å². The van der Waals surface area contributed by atoms with Crippen LogP contribution >= 0.6 is 0 Å². The van der Waals surface area contributed by atoms with Crippen LogP contribution in [0.15, 0.2) is 29.9 Å². The lowest BCUT2D eigenvalue weighted by Crippen LogP contribution is -2.14. The molecule has 0 spiro atoms. The number of aryl methyl sites for hydroxylation is 1. The largest absolute Gasteiger partial charge is 0.344 e. The molecule has 0 radical (unpaired) electrons. The van der Waals surface area contributed by atoms with Crippen molar-refractivity contribution in [2.75, 3.05) is 6.54 Å². The summed E-state index contributed by atoms with van der Waals surface area (Å²) in [5.41, 5.74) is 5.73. The van der Waals surface area contributed by atoms with Gasteiger partial charge in [-0.3, -0.25) is 0 Å². The molecule has 0 unspecified atom stereocenters. The molecule has 1 saturated heterocycles. The molecule has 2 N–H and O–H groups in total. The summed E-state index contributed by atoms with van der Waals surface area (Å²) < 4.78 is 0. The second-order valence-electron chi connectivity index (χ2n) is 6.06. The molecule has 1 fully saturated rings. The fraction of sp³-hybridized carbons (Fsp3) is 0.550. The molecule has 1 atom stereocenters. The quantitative estimate of drug-likeness (QED) is 0.719. The Bertz CT molecular complexity index is 566. The molecule has 0 amide bonds. The number of allylic oxidation sites excluding steroid dienone is 5. The molecule has 1 aliphatic rings. The number of aromatic nitrogens is 2. The predicted molar refractivity (Wildman–Crippen MR) is 102 cm³/mol. The van der Waals surface area contributed by atoms with Crippen molar-refractivity contribution in [1.82, 2.24) is 15.3 Å². The van der Waals surface area contributed by atoms with E-state index < -0.39 is 0 Å². The Morgan fingerprint density at radius 1 is 1.26 bits per heavy atom. The van der Waals surface area contributed by atoms with E-state index in [0.717, 1.165) is 42.1 Å². The average molecular weight is 316 g/mol. The summed E-state index contributed by atoms with van der Waals surface area (Å²) in [4.78, 5) is 8.41. The van der Waals surface area contributed by atoms with E-state index in [1.165, 1.54) is 17.7 Å². The Hall–Kier alpha value is -1.61. The summed E-state index contributed by atoms with van der Waals surface area (Å²) in [5, 5.41) is 3.51. The molecule has 1 aromatic heterocycles. The van der Waals surface area contributed by atoms with Gasteiger partial charge in [-0.25, -0.2) is 4.98 Å². The van der Waals surface area contributed by atoms with Crippen molar-refractivity contribution in [1.29, 1.82) is 0 Å². The van der Waals surface area contributed by atoms with Crippen molar-refractivity contribution in [2.24, 2.45) is 0 Å². The molecule has 3 nitrogen and oxygen atoms in total. The van der Waals surface area contributed by atoms with Crippen LogP contribution in [0.2, 0.25) is 0 Å². The number of hydrogen-bond acceptors (Lipinski definition) is 2. The summed E-state index contributed by atoms with van der Waals surface area (Å²) in [5.74, 6) is 1.07. The van der Waals surface area contributed by atoms with E-state index >= 15 is 0 Å². The fourth-order valence-corrected chi connectivity index (χ4v) is 2.66. The number of aromatic amines is 1. The van der Waals surface area contributed by atoms with Crippen LogP contribution in [0.5, 0.6) is 0 Å². The van der Waals surface area contributed by atoms with Crippen LogP contribution in [-0.4, -0.2) is 16.5 Å². The lowest BCUT2D eigenvalue weighted by Gasteiger charge is -2.06. The van der Waals surface area contributed by atoms with Gasteiger partial charge in [0, 0.05) is 11.3 Å². The van der Waals surface area contributed by atoms with Crippen LogP contribution < -0.4 is 5.32 Å². The average Bonchev–Trinajstić information content (AvgIpc) is 3.18. The Morgan fingerprint density at radius 2 is 1.96 bits per heavy atom. The number of nitrogens with one attached hydrogen (secondary N) is 2. The van der Waals surface area contributed by atoms with Gasteiger partial charge in [-0.05, 0) is 52.2 Å². The number of hydrogen-bond donors (Lipinski definition) is 2. The van der Waals surface area contributed by atoms with E-state index in [1.54, 1.807) is 0 Å². The van der Waals surface area contributed by atoms with Gasteiger partial charge < -0.3 is 10.3 Å². The SMILES string of the molecule is C=C(C)/C(=C\C=C(C)C)c1nc([C@@H]2CCCN2)[nH]c1CC.CC. The maximum atomic E-state index is 4.89. The molecule has 0 saturated carbocycles. The zero-order chi connectivity index (χ0) is 17.4. The van der Waals surface area contributed by atoms with Gasteiger partial charge in [-0.2, -0.15) is 0 Å². The highest BCUT2D eigenvalue weighted by molar-refractivity contribution is 5.78. The summed E-state index contributed by atoms with van der Waals surface area (Å²) >= 11 is 0. The van der Waals surface area contributed by atoms with Gasteiger partial charge in [-0.1, -0.05) is 45.1 Å².